The number of esters is 1. The molecule has 132 valence electrons. The minimum atomic E-state index is -3.30. The van der Waals surface area contributed by atoms with Gasteiger partial charge in [0.05, 0.1) is 19.7 Å². The fraction of sp³-hybridized carbons (Fsp3) is 0.769. The number of carboxylic acid groups (broad SMARTS) is 1. The maximum absolute atomic E-state index is 13.5. The van der Waals surface area contributed by atoms with E-state index in [0.717, 1.165) is 7.11 Å². The molecule has 1 fully saturated rings. The third-order valence-electron chi connectivity index (χ3n) is 3.07. The number of rotatable bonds is 3. The standard InChI is InChI=1S/C13H20F2N2O6/c1-12(2,3)23-10(19)16-8(9(18)22-4)7-5-13(14,15)6-17(7)11(20)21/h7-8H,5-6H2,1-4H3,(H,16,19)(H,20,21)/t7?,8-/m1/s1. The number of methoxy groups -OCH3 is 1. The highest BCUT2D eigenvalue weighted by Gasteiger charge is 2.52. The Labute approximate surface area is 131 Å². The predicted molar refractivity (Wildman–Crippen MR) is 73.3 cm³/mol. The minimum Gasteiger partial charge on any atom is -0.467 e. The molecule has 23 heavy (non-hydrogen) atoms. The van der Waals surface area contributed by atoms with E-state index in [2.05, 4.69) is 10.1 Å². The molecule has 10 heteroatoms. The quantitative estimate of drug-likeness (QED) is 0.755. The monoisotopic (exact) mass is 338 g/mol. The molecular formula is C13H20F2N2O6. The molecule has 8 nitrogen and oxygen atoms in total. The van der Waals surface area contributed by atoms with Crippen LogP contribution >= 0.6 is 0 Å². The zero-order valence-corrected chi connectivity index (χ0v) is 13.3. The Hall–Kier alpha value is -2.13. The van der Waals surface area contributed by atoms with E-state index in [1.54, 1.807) is 20.8 Å². The maximum Gasteiger partial charge on any atom is 0.408 e. The van der Waals surface area contributed by atoms with E-state index in [4.69, 9.17) is 9.84 Å². The molecule has 0 aromatic heterocycles. The molecule has 2 N–H and O–H groups in total. The third kappa shape index (κ3) is 5.22. The first-order chi connectivity index (χ1) is 10.4. The van der Waals surface area contributed by atoms with E-state index < -0.39 is 54.7 Å². The number of halogens is 2. The van der Waals surface area contributed by atoms with Crippen LogP contribution in [0.2, 0.25) is 0 Å². The summed E-state index contributed by atoms with van der Waals surface area (Å²) in [6.45, 7) is 3.67. The number of nitrogens with zero attached hydrogens (tertiary/aromatic N) is 1. The van der Waals surface area contributed by atoms with Gasteiger partial charge in [0.15, 0.2) is 6.04 Å². The fourth-order valence-electron chi connectivity index (χ4n) is 2.23. The van der Waals surface area contributed by atoms with Crippen LogP contribution < -0.4 is 5.32 Å². The summed E-state index contributed by atoms with van der Waals surface area (Å²) in [6, 6.07) is -3.05. The Morgan fingerprint density at radius 3 is 2.35 bits per heavy atom. The first-order valence-electron chi connectivity index (χ1n) is 6.81. The Morgan fingerprint density at radius 1 is 1.35 bits per heavy atom. The topological polar surface area (TPSA) is 105 Å². The average molecular weight is 338 g/mol. The summed E-state index contributed by atoms with van der Waals surface area (Å²) in [5.41, 5.74) is -0.878. The van der Waals surface area contributed by atoms with Crippen LogP contribution in [-0.2, 0) is 14.3 Å². The van der Waals surface area contributed by atoms with Crippen LogP contribution in [0.3, 0.4) is 0 Å². The van der Waals surface area contributed by atoms with Gasteiger partial charge < -0.3 is 19.9 Å². The second kappa shape index (κ2) is 6.55. The normalized spacial score (nSPS) is 21.5. The average Bonchev–Trinajstić information content (AvgIpc) is 2.69. The van der Waals surface area contributed by atoms with Gasteiger partial charge in [-0.25, -0.2) is 23.2 Å². The smallest absolute Gasteiger partial charge is 0.408 e. The van der Waals surface area contributed by atoms with Crippen LogP contribution in [0.4, 0.5) is 18.4 Å². The van der Waals surface area contributed by atoms with Gasteiger partial charge in [0, 0.05) is 6.42 Å². The Balaban J connectivity index is 2.99. The molecule has 0 bridgehead atoms. The molecule has 0 aromatic rings. The SMILES string of the molecule is COC(=O)[C@H](NC(=O)OC(C)(C)C)C1CC(F)(F)CN1C(=O)O. The molecule has 1 aliphatic heterocycles. The van der Waals surface area contributed by atoms with Gasteiger partial charge in [0.2, 0.25) is 0 Å². The van der Waals surface area contributed by atoms with Gasteiger partial charge in [0.1, 0.15) is 5.60 Å². The lowest BCUT2D eigenvalue weighted by molar-refractivity contribution is -0.144. The Kier molecular flexibility index (Phi) is 5.39. The molecule has 0 aromatic carbocycles. The molecule has 0 radical (unpaired) electrons. The summed E-state index contributed by atoms with van der Waals surface area (Å²) in [6.07, 6.45) is -3.56. The summed E-state index contributed by atoms with van der Waals surface area (Å²) in [7, 11) is 1.00. The number of likely N-dealkylation sites (tertiary alicyclic amines) is 1. The zero-order valence-electron chi connectivity index (χ0n) is 13.3. The summed E-state index contributed by atoms with van der Waals surface area (Å²) in [5.74, 6) is -4.34. The zero-order chi connectivity index (χ0) is 18.0. The molecule has 2 amide bonds. The minimum absolute atomic E-state index is 0.416. The van der Waals surface area contributed by atoms with E-state index in [-0.39, 0.29) is 0 Å². The van der Waals surface area contributed by atoms with E-state index in [1.165, 1.54) is 0 Å². The highest BCUT2D eigenvalue weighted by Crippen LogP contribution is 2.34. The first kappa shape index (κ1) is 18.9. The lowest BCUT2D eigenvalue weighted by atomic mass is 10.0. The van der Waals surface area contributed by atoms with Crippen LogP contribution in [0.15, 0.2) is 0 Å². The van der Waals surface area contributed by atoms with Crippen molar-refractivity contribution in [2.45, 2.75) is 50.8 Å². The number of carbonyl (C=O) groups excluding carboxylic acids is 2. The van der Waals surface area contributed by atoms with Crippen LogP contribution in [0.5, 0.6) is 0 Å². The number of hydrogen-bond acceptors (Lipinski definition) is 5. The molecule has 0 spiro atoms. The second-order valence-electron chi connectivity index (χ2n) is 6.18. The van der Waals surface area contributed by atoms with E-state index >= 15 is 0 Å². The van der Waals surface area contributed by atoms with Crippen molar-refractivity contribution < 1.29 is 37.7 Å². The molecule has 1 aliphatic rings. The Morgan fingerprint density at radius 2 is 1.91 bits per heavy atom. The number of amides is 2. The molecule has 0 saturated carbocycles. The first-order valence-corrected chi connectivity index (χ1v) is 6.81. The number of nitrogens with one attached hydrogen (secondary N) is 1. The van der Waals surface area contributed by atoms with Crippen LogP contribution in [-0.4, -0.2) is 65.4 Å². The highest BCUT2D eigenvalue weighted by molar-refractivity contribution is 5.83. The number of alkyl carbamates (subject to hydrolysis) is 1. The lowest BCUT2D eigenvalue weighted by Gasteiger charge is -2.29. The molecule has 1 rings (SSSR count). The van der Waals surface area contributed by atoms with Gasteiger partial charge in [0.25, 0.3) is 5.92 Å². The van der Waals surface area contributed by atoms with Gasteiger partial charge in [-0.15, -0.1) is 0 Å². The van der Waals surface area contributed by atoms with E-state index in [0.29, 0.717) is 4.90 Å². The largest absolute Gasteiger partial charge is 0.467 e. The summed E-state index contributed by atoms with van der Waals surface area (Å²) >= 11 is 0. The fourth-order valence-corrected chi connectivity index (χ4v) is 2.23. The van der Waals surface area contributed by atoms with Crippen molar-refractivity contribution in [3.05, 3.63) is 0 Å². The molecule has 1 unspecified atom stereocenters. The van der Waals surface area contributed by atoms with Gasteiger partial charge in [-0.05, 0) is 20.8 Å². The van der Waals surface area contributed by atoms with E-state index in [1.807, 2.05) is 0 Å². The van der Waals surface area contributed by atoms with E-state index in [9.17, 15) is 23.2 Å². The molecular weight excluding hydrogens is 318 g/mol. The number of hydrogen-bond donors (Lipinski definition) is 2. The Bertz CT molecular complexity index is 491. The summed E-state index contributed by atoms with van der Waals surface area (Å²) in [5, 5.41) is 11.2. The van der Waals surface area contributed by atoms with Crippen LogP contribution in [0, 0.1) is 0 Å². The number of alkyl halides is 2. The third-order valence-corrected chi connectivity index (χ3v) is 3.07. The lowest BCUT2D eigenvalue weighted by Crippen LogP contribution is -2.55. The highest BCUT2D eigenvalue weighted by atomic mass is 19.3. The van der Waals surface area contributed by atoms with Crippen molar-refractivity contribution in [1.82, 2.24) is 10.2 Å². The van der Waals surface area contributed by atoms with Gasteiger partial charge in [-0.3, -0.25) is 4.90 Å². The van der Waals surface area contributed by atoms with Crippen molar-refractivity contribution >= 4 is 18.2 Å². The van der Waals surface area contributed by atoms with Gasteiger partial charge in [-0.2, -0.15) is 0 Å². The number of ether oxygens (including phenoxy) is 2. The molecule has 1 heterocycles. The number of carbonyl (C=O) groups is 3. The molecule has 1 saturated heterocycles. The van der Waals surface area contributed by atoms with Crippen LogP contribution in [0.1, 0.15) is 27.2 Å². The van der Waals surface area contributed by atoms with Gasteiger partial charge in [-0.1, -0.05) is 0 Å². The van der Waals surface area contributed by atoms with Crippen molar-refractivity contribution in [2.24, 2.45) is 0 Å². The molecule has 2 atom stereocenters. The second-order valence-corrected chi connectivity index (χ2v) is 6.18. The van der Waals surface area contributed by atoms with Crippen LogP contribution in [0.25, 0.3) is 0 Å². The summed E-state index contributed by atoms with van der Waals surface area (Å²) < 4.78 is 36.5. The maximum atomic E-state index is 13.5. The van der Waals surface area contributed by atoms with Crippen molar-refractivity contribution in [1.29, 1.82) is 0 Å². The van der Waals surface area contributed by atoms with Crippen molar-refractivity contribution in [2.75, 3.05) is 13.7 Å². The predicted octanol–water partition coefficient (Wildman–Crippen LogP) is 1.44. The van der Waals surface area contributed by atoms with Crippen molar-refractivity contribution in [3.63, 3.8) is 0 Å². The summed E-state index contributed by atoms with van der Waals surface area (Å²) in [4.78, 5) is 35.2. The molecule has 0 aliphatic carbocycles. The van der Waals surface area contributed by atoms with Gasteiger partial charge >= 0.3 is 18.2 Å². The van der Waals surface area contributed by atoms with Crippen molar-refractivity contribution in [3.8, 4) is 0 Å².